The molecule has 0 radical (unpaired) electrons. The van der Waals surface area contributed by atoms with Gasteiger partial charge in [-0.15, -0.1) is 0 Å². The third-order valence-corrected chi connectivity index (χ3v) is 2.90. The lowest BCUT2D eigenvalue weighted by Gasteiger charge is -2.20. The molecule has 0 aromatic heterocycles. The van der Waals surface area contributed by atoms with Crippen LogP contribution in [0.25, 0.3) is 0 Å². The highest BCUT2D eigenvalue weighted by atomic mass is 16.5. The smallest absolute Gasteiger partial charge is 0.119 e. The number of nitrogens with two attached hydrogens (primary N) is 1. The first kappa shape index (κ1) is 14.0. The van der Waals surface area contributed by atoms with Crippen molar-refractivity contribution in [2.24, 2.45) is 5.73 Å². The number of ether oxygens (including phenoxy) is 1. The van der Waals surface area contributed by atoms with Gasteiger partial charge in [0.2, 0.25) is 0 Å². The summed E-state index contributed by atoms with van der Waals surface area (Å²) in [7, 11) is 0. The first-order valence-electron chi connectivity index (χ1n) is 6.44. The fourth-order valence-electron chi connectivity index (χ4n) is 1.77. The monoisotopic (exact) mass is 235 g/mol. The molecule has 1 atom stereocenters. The summed E-state index contributed by atoms with van der Waals surface area (Å²) in [6, 6.07) is 8.35. The van der Waals surface area contributed by atoms with E-state index in [2.05, 4.69) is 39.8 Å². The van der Waals surface area contributed by atoms with E-state index in [1.54, 1.807) is 0 Å². The molecule has 2 nitrogen and oxygen atoms in total. The summed E-state index contributed by atoms with van der Waals surface area (Å²) in [5.74, 6) is 0.918. The van der Waals surface area contributed by atoms with Gasteiger partial charge in [0, 0.05) is 6.54 Å². The van der Waals surface area contributed by atoms with Crippen LogP contribution >= 0.6 is 0 Å². The molecule has 96 valence electrons. The second kappa shape index (κ2) is 6.06. The van der Waals surface area contributed by atoms with Gasteiger partial charge in [0.25, 0.3) is 0 Å². The van der Waals surface area contributed by atoms with Crippen molar-refractivity contribution in [3.05, 3.63) is 29.8 Å². The van der Waals surface area contributed by atoms with Gasteiger partial charge in [-0.05, 0) is 29.5 Å². The lowest BCUT2D eigenvalue weighted by atomic mass is 9.87. The number of hydrogen-bond donors (Lipinski definition) is 1. The summed E-state index contributed by atoms with van der Waals surface area (Å²) in [5.41, 5.74) is 7.19. The first-order chi connectivity index (χ1) is 7.97. The van der Waals surface area contributed by atoms with Crippen molar-refractivity contribution in [1.29, 1.82) is 0 Å². The van der Waals surface area contributed by atoms with Gasteiger partial charge in [-0.3, -0.25) is 0 Å². The molecule has 0 spiro atoms. The molecule has 0 heterocycles. The van der Waals surface area contributed by atoms with Crippen molar-refractivity contribution in [2.45, 2.75) is 52.1 Å². The van der Waals surface area contributed by atoms with Crippen LogP contribution in [0, 0.1) is 0 Å². The van der Waals surface area contributed by atoms with Crippen LogP contribution in [0.1, 0.15) is 46.1 Å². The van der Waals surface area contributed by atoms with Crippen molar-refractivity contribution in [3.63, 3.8) is 0 Å². The minimum Gasteiger partial charge on any atom is -0.489 e. The third kappa shape index (κ3) is 4.39. The third-order valence-electron chi connectivity index (χ3n) is 2.90. The Morgan fingerprint density at radius 2 is 1.76 bits per heavy atom. The van der Waals surface area contributed by atoms with Gasteiger partial charge >= 0.3 is 0 Å². The Kier molecular flexibility index (Phi) is 5.01. The molecule has 0 fully saturated rings. The lowest BCUT2D eigenvalue weighted by Crippen LogP contribution is -2.26. The minimum absolute atomic E-state index is 0.139. The van der Waals surface area contributed by atoms with Crippen molar-refractivity contribution >= 4 is 0 Å². The quantitative estimate of drug-likeness (QED) is 0.848. The van der Waals surface area contributed by atoms with E-state index in [1.807, 2.05) is 12.1 Å². The Labute approximate surface area is 105 Å². The van der Waals surface area contributed by atoms with E-state index < -0.39 is 0 Å². The van der Waals surface area contributed by atoms with Crippen LogP contribution in [0.2, 0.25) is 0 Å². The van der Waals surface area contributed by atoms with E-state index in [9.17, 15) is 0 Å². The van der Waals surface area contributed by atoms with Gasteiger partial charge in [-0.1, -0.05) is 46.2 Å². The van der Waals surface area contributed by atoms with Crippen LogP contribution in [0.5, 0.6) is 5.75 Å². The van der Waals surface area contributed by atoms with Gasteiger partial charge in [0.05, 0.1) is 0 Å². The standard InChI is InChI=1S/C15H25NO/c1-5-6-14(11-16)17-13-9-7-12(8-10-13)15(2,3)4/h7-10,14H,5-6,11,16H2,1-4H3. The van der Waals surface area contributed by atoms with E-state index in [0.29, 0.717) is 6.54 Å². The second-order valence-electron chi connectivity index (χ2n) is 5.54. The van der Waals surface area contributed by atoms with Gasteiger partial charge in [-0.2, -0.15) is 0 Å². The Balaban J connectivity index is 2.68. The van der Waals surface area contributed by atoms with Gasteiger partial charge in [-0.25, -0.2) is 0 Å². The van der Waals surface area contributed by atoms with Crippen molar-refractivity contribution in [3.8, 4) is 5.75 Å². The summed E-state index contributed by atoms with van der Waals surface area (Å²) >= 11 is 0. The molecule has 2 heteroatoms. The maximum absolute atomic E-state index is 5.85. The zero-order chi connectivity index (χ0) is 12.9. The summed E-state index contributed by atoms with van der Waals surface area (Å²) < 4.78 is 5.85. The Bertz CT molecular complexity index is 324. The highest BCUT2D eigenvalue weighted by Crippen LogP contribution is 2.24. The zero-order valence-electron chi connectivity index (χ0n) is 11.5. The molecule has 0 bridgehead atoms. The molecular formula is C15H25NO. The Morgan fingerprint density at radius 1 is 1.18 bits per heavy atom. The molecule has 0 saturated heterocycles. The predicted octanol–water partition coefficient (Wildman–Crippen LogP) is 3.49. The lowest BCUT2D eigenvalue weighted by molar-refractivity contribution is 0.198. The van der Waals surface area contributed by atoms with Crippen LogP contribution in [0.15, 0.2) is 24.3 Å². The molecule has 0 saturated carbocycles. The number of hydrogen-bond acceptors (Lipinski definition) is 2. The fourth-order valence-corrected chi connectivity index (χ4v) is 1.77. The SMILES string of the molecule is CCCC(CN)Oc1ccc(C(C)(C)C)cc1. The highest BCUT2D eigenvalue weighted by molar-refractivity contribution is 5.31. The summed E-state index contributed by atoms with van der Waals surface area (Å²) in [6.45, 7) is 9.36. The number of rotatable bonds is 5. The average Bonchev–Trinajstić information content (AvgIpc) is 2.28. The normalized spacial score (nSPS) is 13.5. The van der Waals surface area contributed by atoms with Crippen molar-refractivity contribution in [2.75, 3.05) is 6.54 Å². The zero-order valence-corrected chi connectivity index (χ0v) is 11.5. The van der Waals surface area contributed by atoms with Crippen molar-refractivity contribution in [1.82, 2.24) is 0 Å². The van der Waals surface area contributed by atoms with Gasteiger partial charge < -0.3 is 10.5 Å². The van der Waals surface area contributed by atoms with E-state index in [4.69, 9.17) is 10.5 Å². The van der Waals surface area contributed by atoms with Crippen molar-refractivity contribution < 1.29 is 4.74 Å². The second-order valence-corrected chi connectivity index (χ2v) is 5.54. The molecule has 1 rings (SSSR count). The topological polar surface area (TPSA) is 35.2 Å². The predicted molar refractivity (Wildman–Crippen MR) is 73.5 cm³/mol. The fraction of sp³-hybridized carbons (Fsp3) is 0.600. The van der Waals surface area contributed by atoms with E-state index in [0.717, 1.165) is 18.6 Å². The van der Waals surface area contributed by atoms with E-state index >= 15 is 0 Å². The molecular weight excluding hydrogens is 210 g/mol. The minimum atomic E-state index is 0.139. The molecule has 0 aliphatic rings. The maximum Gasteiger partial charge on any atom is 0.119 e. The van der Waals surface area contributed by atoms with Gasteiger partial charge in [0.1, 0.15) is 11.9 Å². The van der Waals surface area contributed by atoms with Crippen LogP contribution < -0.4 is 10.5 Å². The molecule has 1 aromatic carbocycles. The molecule has 0 aliphatic carbocycles. The van der Waals surface area contributed by atoms with Gasteiger partial charge in [0.15, 0.2) is 0 Å². The average molecular weight is 235 g/mol. The highest BCUT2D eigenvalue weighted by Gasteiger charge is 2.13. The summed E-state index contributed by atoms with van der Waals surface area (Å²) in [6.07, 6.45) is 2.25. The van der Waals surface area contributed by atoms with Crippen LogP contribution in [-0.4, -0.2) is 12.6 Å². The molecule has 0 aliphatic heterocycles. The molecule has 2 N–H and O–H groups in total. The summed E-state index contributed by atoms with van der Waals surface area (Å²) in [5, 5.41) is 0. The summed E-state index contributed by atoms with van der Waals surface area (Å²) in [4.78, 5) is 0. The molecule has 1 unspecified atom stereocenters. The molecule has 17 heavy (non-hydrogen) atoms. The van der Waals surface area contributed by atoms with E-state index in [-0.39, 0.29) is 11.5 Å². The van der Waals surface area contributed by atoms with Crippen LogP contribution in [0.3, 0.4) is 0 Å². The number of benzene rings is 1. The Morgan fingerprint density at radius 3 is 2.18 bits per heavy atom. The van der Waals surface area contributed by atoms with E-state index in [1.165, 1.54) is 5.56 Å². The first-order valence-corrected chi connectivity index (χ1v) is 6.44. The van der Waals surface area contributed by atoms with Crippen LogP contribution in [0.4, 0.5) is 0 Å². The largest absolute Gasteiger partial charge is 0.489 e. The Hall–Kier alpha value is -1.02. The molecule has 1 aromatic rings. The molecule has 0 amide bonds. The maximum atomic E-state index is 5.85. The van der Waals surface area contributed by atoms with Crippen LogP contribution in [-0.2, 0) is 5.41 Å².